The van der Waals surface area contributed by atoms with E-state index in [1.54, 1.807) is 0 Å². The van der Waals surface area contributed by atoms with Crippen molar-refractivity contribution in [2.24, 2.45) is 15.9 Å². The molecule has 0 aliphatic carbocycles. The maximum Gasteiger partial charge on any atom is 0.156 e. The highest BCUT2D eigenvalue weighted by atomic mass is 15.0. The predicted molar refractivity (Wildman–Crippen MR) is 270 cm³/mol. The summed E-state index contributed by atoms with van der Waals surface area (Å²) in [5, 5.41) is 12.2. The summed E-state index contributed by atoms with van der Waals surface area (Å²) in [7, 11) is 0. The molecule has 2 atom stereocenters. The van der Waals surface area contributed by atoms with Gasteiger partial charge in [-0.2, -0.15) is 0 Å². The average molecular weight is 810 g/mol. The predicted octanol–water partition coefficient (Wildman–Crippen LogP) is 16.1. The number of para-hydroxylation sites is 1. The summed E-state index contributed by atoms with van der Waals surface area (Å²) in [5.74, 6) is 1.05. The highest BCUT2D eigenvalue weighted by molar-refractivity contribution is 6.31. The van der Waals surface area contributed by atoms with E-state index in [0.29, 0.717) is 5.92 Å². The smallest absolute Gasteiger partial charge is 0.156 e. The van der Waals surface area contributed by atoms with Gasteiger partial charge in [-0.15, -0.1) is 0 Å². The fourth-order valence-corrected chi connectivity index (χ4v) is 9.71. The van der Waals surface area contributed by atoms with Crippen LogP contribution in [0.2, 0.25) is 0 Å². The van der Waals surface area contributed by atoms with Crippen molar-refractivity contribution >= 4 is 76.4 Å². The minimum absolute atomic E-state index is 0.0721. The Kier molecular flexibility index (Phi) is 9.74. The number of amidine groups is 1. The van der Waals surface area contributed by atoms with Crippen LogP contribution in [0.15, 0.2) is 216 Å². The van der Waals surface area contributed by atoms with Crippen molar-refractivity contribution in [1.82, 2.24) is 4.57 Å². The number of aliphatic imine (C=N–C) groups is 2. The summed E-state index contributed by atoms with van der Waals surface area (Å²) in [6.45, 7) is 6.67. The number of hydrogen-bond acceptors (Lipinski definition) is 1. The molecular formula is C60H47N3. The third-order valence-electron chi connectivity index (χ3n) is 13.2. The second-order valence-electron chi connectivity index (χ2n) is 16.9. The van der Waals surface area contributed by atoms with E-state index in [4.69, 9.17) is 9.98 Å². The lowest BCUT2D eigenvalue weighted by atomic mass is 9.89. The molecular weight excluding hydrogens is 763 g/mol. The fraction of sp³-hybridized carbons (Fsp3) is 0.100. The topological polar surface area (TPSA) is 29.6 Å². The molecule has 1 heterocycles. The zero-order valence-corrected chi connectivity index (χ0v) is 35.8. The van der Waals surface area contributed by atoms with Gasteiger partial charge in [0.15, 0.2) is 5.84 Å². The van der Waals surface area contributed by atoms with Gasteiger partial charge < -0.3 is 4.57 Å². The van der Waals surface area contributed by atoms with E-state index in [-0.39, 0.29) is 6.04 Å². The maximum absolute atomic E-state index is 5.71. The van der Waals surface area contributed by atoms with Crippen molar-refractivity contribution < 1.29 is 0 Å². The van der Waals surface area contributed by atoms with Crippen LogP contribution < -0.4 is 0 Å². The maximum atomic E-state index is 5.71. The lowest BCUT2D eigenvalue weighted by Gasteiger charge is -2.22. The van der Waals surface area contributed by atoms with Crippen molar-refractivity contribution in [2.45, 2.75) is 33.2 Å². The van der Waals surface area contributed by atoms with Crippen molar-refractivity contribution in [3.05, 3.63) is 223 Å². The number of aromatic nitrogens is 1. The molecule has 10 aromatic carbocycles. The number of benzene rings is 10. The lowest BCUT2D eigenvalue weighted by Crippen LogP contribution is -2.12. The Bertz CT molecular complexity index is 3580. The molecule has 0 aliphatic heterocycles. The van der Waals surface area contributed by atoms with Crippen molar-refractivity contribution in [2.75, 3.05) is 0 Å². The Hall–Kier alpha value is -7.62. The molecule has 3 nitrogen and oxygen atoms in total. The van der Waals surface area contributed by atoms with E-state index < -0.39 is 0 Å². The molecule has 0 spiro atoms. The molecule has 1 aromatic heterocycles. The van der Waals surface area contributed by atoms with Gasteiger partial charge in [0.1, 0.15) is 0 Å². The number of nitrogens with zero attached hydrogens (tertiary/aromatic N) is 3. The van der Waals surface area contributed by atoms with Gasteiger partial charge >= 0.3 is 0 Å². The molecule has 2 unspecified atom stereocenters. The Balaban J connectivity index is 1.17. The number of fused-ring (bicyclic) bond motifs is 10. The molecule has 0 radical (unpaired) electrons. The largest absolute Gasteiger partial charge is 0.309 e. The molecule has 302 valence electrons. The molecule has 63 heavy (non-hydrogen) atoms. The first kappa shape index (κ1) is 38.3. The van der Waals surface area contributed by atoms with Crippen molar-refractivity contribution in [3.63, 3.8) is 0 Å². The summed E-state index contributed by atoms with van der Waals surface area (Å²) >= 11 is 0. The first-order valence-electron chi connectivity index (χ1n) is 22.2. The van der Waals surface area contributed by atoms with Crippen LogP contribution in [0.1, 0.15) is 49.9 Å². The van der Waals surface area contributed by atoms with Crippen LogP contribution >= 0.6 is 0 Å². The summed E-state index contributed by atoms with van der Waals surface area (Å²) in [6, 6.07) is 74.9. The molecule has 0 aliphatic rings. The van der Waals surface area contributed by atoms with E-state index in [9.17, 15) is 0 Å². The first-order valence-corrected chi connectivity index (χ1v) is 22.2. The van der Waals surface area contributed by atoms with E-state index >= 15 is 0 Å². The van der Waals surface area contributed by atoms with Gasteiger partial charge in [-0.3, -0.25) is 4.99 Å². The molecule has 0 amide bonds. The minimum Gasteiger partial charge on any atom is -0.309 e. The van der Waals surface area contributed by atoms with Gasteiger partial charge in [-0.25, -0.2) is 4.99 Å². The van der Waals surface area contributed by atoms with Crippen molar-refractivity contribution in [1.29, 1.82) is 0 Å². The van der Waals surface area contributed by atoms with Gasteiger partial charge in [-0.1, -0.05) is 196 Å². The van der Waals surface area contributed by atoms with Crippen LogP contribution in [-0.2, 0) is 0 Å². The van der Waals surface area contributed by atoms with Crippen LogP contribution in [0.3, 0.4) is 0 Å². The van der Waals surface area contributed by atoms with Gasteiger partial charge in [-0.05, 0) is 103 Å². The van der Waals surface area contributed by atoms with Crippen LogP contribution in [0.25, 0.3) is 81.7 Å². The molecule has 0 saturated carbocycles. The van der Waals surface area contributed by atoms with E-state index in [0.717, 1.165) is 40.3 Å². The first-order chi connectivity index (χ1) is 31.0. The standard InChI is InChI=1S/C60H47N3/c1-4-39(2)59(43-21-9-6-10-22-43)62-60(61-40(3)41-18-7-5-8-19-41)54-28-17-27-53-49-25-14-13-24-48(49)50-34-31-45(37-55(50)58(53)54)46-32-35-52-51-26-15-16-29-56(51)63(57(52)38-46)47-33-30-42-20-11-12-23-44(42)36-47/h5-39,59H,4H2,1-3H3. The SMILES string of the molecule is CCC(C)C(N=C(N=C(C)c1ccccc1)c1cccc2c3ccccc3c3ccc(-c4ccc5c6ccccc6n(-c6ccc7ccccc7c6)c5c4)cc3c12)c1ccccc1. The van der Waals surface area contributed by atoms with Crippen molar-refractivity contribution in [3.8, 4) is 16.8 Å². The van der Waals surface area contributed by atoms with Crippen LogP contribution in [0.4, 0.5) is 0 Å². The Morgan fingerprint density at radius 3 is 1.87 bits per heavy atom. The summed E-state index contributed by atoms with van der Waals surface area (Å²) < 4.78 is 2.43. The van der Waals surface area contributed by atoms with E-state index in [1.807, 2.05) is 0 Å². The average Bonchev–Trinajstić information content (AvgIpc) is 3.68. The highest BCUT2D eigenvalue weighted by Gasteiger charge is 2.22. The third-order valence-corrected chi connectivity index (χ3v) is 13.2. The quantitative estimate of drug-likeness (QED) is 0.0831. The molecule has 0 fully saturated rings. The van der Waals surface area contributed by atoms with Gasteiger partial charge in [0.2, 0.25) is 0 Å². The summed E-state index contributed by atoms with van der Waals surface area (Å²) in [5.41, 5.74) is 10.1. The van der Waals surface area contributed by atoms with Crippen LogP contribution in [-0.4, -0.2) is 16.1 Å². The van der Waals surface area contributed by atoms with E-state index in [1.165, 1.54) is 76.0 Å². The Labute approximate surface area is 368 Å². The molecule has 0 bridgehead atoms. The second-order valence-corrected chi connectivity index (χ2v) is 16.9. The molecule has 3 heteroatoms. The number of rotatable bonds is 8. The summed E-state index contributed by atoms with van der Waals surface area (Å²) in [4.78, 5) is 11.2. The van der Waals surface area contributed by atoms with Gasteiger partial charge in [0.25, 0.3) is 0 Å². The zero-order chi connectivity index (χ0) is 42.4. The normalized spacial score (nSPS) is 13.4. The second kappa shape index (κ2) is 16.0. The molecule has 0 N–H and O–H groups in total. The van der Waals surface area contributed by atoms with E-state index in [2.05, 4.69) is 232 Å². The Morgan fingerprint density at radius 2 is 1.10 bits per heavy atom. The van der Waals surface area contributed by atoms with Crippen LogP contribution in [0, 0.1) is 5.92 Å². The fourth-order valence-electron chi connectivity index (χ4n) is 9.71. The monoisotopic (exact) mass is 809 g/mol. The zero-order valence-electron chi connectivity index (χ0n) is 35.8. The van der Waals surface area contributed by atoms with Gasteiger partial charge in [0, 0.05) is 33.1 Å². The lowest BCUT2D eigenvalue weighted by molar-refractivity contribution is 0.459. The highest BCUT2D eigenvalue weighted by Crippen LogP contribution is 2.41. The number of hydrogen-bond donors (Lipinski definition) is 0. The van der Waals surface area contributed by atoms with Crippen LogP contribution in [0.5, 0.6) is 0 Å². The third kappa shape index (κ3) is 6.78. The molecule has 11 rings (SSSR count). The van der Waals surface area contributed by atoms with Gasteiger partial charge in [0.05, 0.1) is 17.1 Å². The molecule has 0 saturated heterocycles. The minimum atomic E-state index is -0.0721. The summed E-state index contributed by atoms with van der Waals surface area (Å²) in [6.07, 6.45) is 0.994. The Morgan fingerprint density at radius 1 is 0.492 bits per heavy atom. The molecule has 11 aromatic rings.